The summed E-state index contributed by atoms with van der Waals surface area (Å²) >= 11 is 0. The molecule has 1 radical (unpaired) electrons. The van der Waals surface area contributed by atoms with Gasteiger partial charge < -0.3 is 9.47 Å². The molecule has 5 heteroatoms. The van der Waals surface area contributed by atoms with E-state index in [9.17, 15) is 13.2 Å². The SMILES string of the molecule is [CH2]C(C)c1cc(OCC)cc(OC(F)(F)F)c1. The third-order valence-electron chi connectivity index (χ3n) is 2.02. The second-order valence-electron chi connectivity index (χ2n) is 3.62. The Kier molecular flexibility index (Phi) is 4.26. The molecule has 0 amide bonds. The molecule has 0 bridgehead atoms. The lowest BCUT2D eigenvalue weighted by atomic mass is 10.0. The molecule has 0 saturated heterocycles. The van der Waals surface area contributed by atoms with E-state index >= 15 is 0 Å². The normalized spacial score (nSPS) is 11.7. The smallest absolute Gasteiger partial charge is 0.494 e. The Hall–Kier alpha value is -1.39. The van der Waals surface area contributed by atoms with Crippen molar-refractivity contribution in [3.05, 3.63) is 30.7 Å². The summed E-state index contributed by atoms with van der Waals surface area (Å²) in [6.45, 7) is 7.67. The van der Waals surface area contributed by atoms with E-state index in [0.29, 0.717) is 17.9 Å². The van der Waals surface area contributed by atoms with Gasteiger partial charge in [-0.3, -0.25) is 0 Å². The number of hydrogen-bond acceptors (Lipinski definition) is 2. The summed E-state index contributed by atoms with van der Waals surface area (Å²) in [7, 11) is 0. The van der Waals surface area contributed by atoms with Crippen molar-refractivity contribution >= 4 is 0 Å². The standard InChI is InChI=1S/C12H14F3O2/c1-4-16-10-5-9(8(2)3)6-11(7-10)17-12(13,14)15/h5-8H,2,4H2,1,3H3. The first kappa shape index (κ1) is 13.7. The summed E-state index contributed by atoms with van der Waals surface area (Å²) in [5.74, 6) is -0.0836. The Morgan fingerprint density at radius 2 is 1.82 bits per heavy atom. The molecule has 1 atom stereocenters. The van der Waals surface area contributed by atoms with Crippen LogP contribution in [0.25, 0.3) is 0 Å². The van der Waals surface area contributed by atoms with Crippen LogP contribution >= 0.6 is 0 Å². The van der Waals surface area contributed by atoms with E-state index in [1.54, 1.807) is 19.9 Å². The molecule has 0 aliphatic carbocycles. The Morgan fingerprint density at radius 1 is 1.24 bits per heavy atom. The van der Waals surface area contributed by atoms with Crippen LogP contribution in [0.4, 0.5) is 13.2 Å². The number of rotatable bonds is 4. The summed E-state index contributed by atoms with van der Waals surface area (Å²) in [5, 5.41) is 0. The molecule has 2 nitrogen and oxygen atoms in total. The predicted octanol–water partition coefficient (Wildman–Crippen LogP) is 3.92. The van der Waals surface area contributed by atoms with Gasteiger partial charge in [0.15, 0.2) is 0 Å². The zero-order chi connectivity index (χ0) is 13.1. The largest absolute Gasteiger partial charge is 0.573 e. The van der Waals surface area contributed by atoms with Crippen LogP contribution in [0.5, 0.6) is 11.5 Å². The van der Waals surface area contributed by atoms with Gasteiger partial charge in [-0.05, 0) is 37.5 Å². The van der Waals surface area contributed by atoms with Crippen molar-refractivity contribution in [1.82, 2.24) is 0 Å². The van der Waals surface area contributed by atoms with Crippen LogP contribution in [0.2, 0.25) is 0 Å². The van der Waals surface area contributed by atoms with Gasteiger partial charge in [0.1, 0.15) is 11.5 Å². The molecule has 0 aliphatic heterocycles. The highest BCUT2D eigenvalue weighted by Crippen LogP contribution is 2.30. The molecule has 0 N–H and O–H groups in total. The molecule has 0 heterocycles. The quantitative estimate of drug-likeness (QED) is 0.802. The van der Waals surface area contributed by atoms with Crippen molar-refractivity contribution in [2.75, 3.05) is 6.61 Å². The lowest BCUT2D eigenvalue weighted by Gasteiger charge is -2.14. The average molecular weight is 247 g/mol. The van der Waals surface area contributed by atoms with E-state index in [1.807, 2.05) is 0 Å². The highest BCUT2D eigenvalue weighted by molar-refractivity contribution is 5.40. The van der Waals surface area contributed by atoms with Gasteiger partial charge in [0.05, 0.1) is 6.61 Å². The van der Waals surface area contributed by atoms with Crippen LogP contribution in [-0.2, 0) is 0 Å². The minimum absolute atomic E-state index is 0.147. The second-order valence-corrected chi connectivity index (χ2v) is 3.62. The maximum atomic E-state index is 12.1. The fourth-order valence-corrected chi connectivity index (χ4v) is 1.32. The van der Waals surface area contributed by atoms with E-state index in [-0.39, 0.29) is 11.7 Å². The third kappa shape index (κ3) is 4.54. The van der Waals surface area contributed by atoms with Crippen LogP contribution in [0.3, 0.4) is 0 Å². The van der Waals surface area contributed by atoms with Crippen molar-refractivity contribution < 1.29 is 22.6 Å². The summed E-state index contributed by atoms with van der Waals surface area (Å²) in [4.78, 5) is 0. The molecule has 0 aliphatic rings. The number of ether oxygens (including phenoxy) is 2. The molecule has 0 aromatic heterocycles. The van der Waals surface area contributed by atoms with E-state index in [0.717, 1.165) is 0 Å². The van der Waals surface area contributed by atoms with Crippen LogP contribution in [0, 0.1) is 6.92 Å². The lowest BCUT2D eigenvalue weighted by Crippen LogP contribution is -2.17. The van der Waals surface area contributed by atoms with Crippen LogP contribution in [-0.4, -0.2) is 13.0 Å². The second kappa shape index (κ2) is 5.29. The van der Waals surface area contributed by atoms with E-state index in [4.69, 9.17) is 4.74 Å². The van der Waals surface area contributed by atoms with Gasteiger partial charge >= 0.3 is 6.36 Å². The molecule has 95 valence electrons. The summed E-state index contributed by atoms with van der Waals surface area (Å²) in [6, 6.07) is 4.18. The minimum atomic E-state index is -4.70. The zero-order valence-corrected chi connectivity index (χ0v) is 9.67. The molecular weight excluding hydrogens is 233 g/mol. The molecule has 0 saturated carbocycles. The van der Waals surface area contributed by atoms with Gasteiger partial charge in [0.25, 0.3) is 0 Å². The number of halogens is 3. The maximum Gasteiger partial charge on any atom is 0.573 e. The molecule has 1 unspecified atom stereocenters. The van der Waals surface area contributed by atoms with Crippen molar-refractivity contribution in [3.63, 3.8) is 0 Å². The molecule has 17 heavy (non-hydrogen) atoms. The van der Waals surface area contributed by atoms with Gasteiger partial charge in [0, 0.05) is 6.07 Å². The van der Waals surface area contributed by atoms with Crippen molar-refractivity contribution in [3.8, 4) is 11.5 Å². The molecule has 0 spiro atoms. The number of hydrogen-bond donors (Lipinski definition) is 0. The highest BCUT2D eigenvalue weighted by Gasteiger charge is 2.31. The van der Waals surface area contributed by atoms with E-state index < -0.39 is 6.36 Å². The van der Waals surface area contributed by atoms with Gasteiger partial charge in [-0.15, -0.1) is 13.2 Å². The fraction of sp³-hybridized carbons (Fsp3) is 0.417. The highest BCUT2D eigenvalue weighted by atomic mass is 19.4. The summed E-state index contributed by atoms with van der Waals surface area (Å²) in [6.07, 6.45) is -4.70. The van der Waals surface area contributed by atoms with Crippen molar-refractivity contribution in [1.29, 1.82) is 0 Å². The van der Waals surface area contributed by atoms with Gasteiger partial charge in [0.2, 0.25) is 0 Å². The van der Waals surface area contributed by atoms with Crippen LogP contribution in [0.15, 0.2) is 18.2 Å². The first-order valence-corrected chi connectivity index (χ1v) is 5.18. The molecular formula is C12H14F3O2. The Bertz CT molecular complexity index is 373. The number of alkyl halides is 3. The van der Waals surface area contributed by atoms with Crippen LogP contribution < -0.4 is 9.47 Å². The average Bonchev–Trinajstić information content (AvgIpc) is 2.14. The topological polar surface area (TPSA) is 18.5 Å². The van der Waals surface area contributed by atoms with E-state index in [2.05, 4.69) is 11.7 Å². The monoisotopic (exact) mass is 247 g/mol. The first-order valence-electron chi connectivity index (χ1n) is 5.18. The minimum Gasteiger partial charge on any atom is -0.494 e. The Morgan fingerprint density at radius 3 is 2.29 bits per heavy atom. The molecule has 1 aromatic carbocycles. The first-order chi connectivity index (χ1) is 7.81. The molecule has 1 rings (SSSR count). The summed E-state index contributed by atoms with van der Waals surface area (Å²) < 4.78 is 45.4. The van der Waals surface area contributed by atoms with Crippen molar-refractivity contribution in [2.45, 2.75) is 26.1 Å². The Balaban J connectivity index is 3.03. The predicted molar refractivity (Wildman–Crippen MR) is 58.1 cm³/mol. The Labute approximate surface area is 98.3 Å². The number of benzene rings is 1. The van der Waals surface area contributed by atoms with E-state index in [1.165, 1.54) is 12.1 Å². The van der Waals surface area contributed by atoms with Crippen LogP contribution in [0.1, 0.15) is 25.3 Å². The van der Waals surface area contributed by atoms with Crippen molar-refractivity contribution in [2.24, 2.45) is 0 Å². The van der Waals surface area contributed by atoms with Gasteiger partial charge in [-0.25, -0.2) is 0 Å². The lowest BCUT2D eigenvalue weighted by molar-refractivity contribution is -0.274. The maximum absolute atomic E-state index is 12.1. The third-order valence-corrected chi connectivity index (χ3v) is 2.02. The van der Waals surface area contributed by atoms with Gasteiger partial charge in [-0.2, -0.15) is 0 Å². The molecule has 0 fully saturated rings. The fourth-order valence-electron chi connectivity index (χ4n) is 1.32. The van der Waals surface area contributed by atoms with Gasteiger partial charge in [-0.1, -0.05) is 6.92 Å². The molecule has 1 aromatic rings. The summed E-state index contributed by atoms with van der Waals surface area (Å²) in [5.41, 5.74) is 0.634. The zero-order valence-electron chi connectivity index (χ0n) is 9.67.